The summed E-state index contributed by atoms with van der Waals surface area (Å²) in [4.78, 5) is 24.5. The Morgan fingerprint density at radius 1 is 1.56 bits per heavy atom. The number of aromatic carboxylic acids is 1. The molecule has 1 amide bonds. The number of nitrogens with two attached hydrogens (primary N) is 1. The van der Waals surface area contributed by atoms with Crippen LogP contribution in [0.1, 0.15) is 16.8 Å². The Hall–Kier alpha value is -1.59. The molecule has 1 unspecified atom stereocenters. The first kappa shape index (κ1) is 12.9. The number of carboxylic acids is 1. The second-order valence-corrected chi connectivity index (χ2v) is 4.71. The zero-order valence-electron chi connectivity index (χ0n) is 9.60. The maximum Gasteiger partial charge on any atom is 0.337 e. The molecule has 0 aromatic heterocycles. The zero-order chi connectivity index (χ0) is 13.3. The Morgan fingerprint density at radius 2 is 2.28 bits per heavy atom. The molecule has 1 aromatic rings. The fraction of sp³-hybridized carbons (Fsp3) is 0.333. The monoisotopic (exact) mass is 268 g/mol. The average Bonchev–Trinajstić information content (AvgIpc) is 2.70. The van der Waals surface area contributed by atoms with Gasteiger partial charge >= 0.3 is 5.97 Å². The third-order valence-corrected chi connectivity index (χ3v) is 3.25. The van der Waals surface area contributed by atoms with Crippen molar-refractivity contribution in [3.63, 3.8) is 0 Å². The number of nitrogens with zero attached hydrogens (tertiary/aromatic N) is 1. The van der Waals surface area contributed by atoms with Gasteiger partial charge in [0.25, 0.3) is 0 Å². The molecule has 1 heterocycles. The van der Waals surface area contributed by atoms with Gasteiger partial charge in [0.2, 0.25) is 5.91 Å². The Morgan fingerprint density at radius 3 is 2.83 bits per heavy atom. The molecule has 1 aliphatic heterocycles. The van der Waals surface area contributed by atoms with Gasteiger partial charge < -0.3 is 15.7 Å². The molecule has 3 N–H and O–H groups in total. The smallest absolute Gasteiger partial charge is 0.337 e. The first-order valence-electron chi connectivity index (χ1n) is 5.56. The lowest BCUT2D eigenvalue weighted by Gasteiger charge is -2.19. The van der Waals surface area contributed by atoms with Crippen LogP contribution in [0.2, 0.25) is 5.02 Å². The number of amides is 1. The molecule has 1 aromatic carbocycles. The molecule has 96 valence electrons. The standard InChI is InChI=1S/C12H13ClN2O3/c13-8-1-2-10(9(4-8)12(17)18)15-6-7(5-14)3-11(15)16/h1-2,4,7H,3,5-6,14H2,(H,17,18). The Bertz CT molecular complexity index is 504. The number of rotatable bonds is 3. The molecule has 0 saturated carbocycles. The van der Waals surface area contributed by atoms with Gasteiger partial charge in [-0.3, -0.25) is 4.79 Å². The van der Waals surface area contributed by atoms with Crippen molar-refractivity contribution in [3.05, 3.63) is 28.8 Å². The van der Waals surface area contributed by atoms with Crippen LogP contribution in [0.3, 0.4) is 0 Å². The summed E-state index contributed by atoms with van der Waals surface area (Å²) in [6, 6.07) is 4.48. The number of carbonyl (C=O) groups excluding carboxylic acids is 1. The minimum atomic E-state index is -1.10. The Labute approximate surface area is 109 Å². The molecule has 18 heavy (non-hydrogen) atoms. The molecule has 0 spiro atoms. The van der Waals surface area contributed by atoms with Crippen LogP contribution in [0.15, 0.2) is 18.2 Å². The molecule has 1 atom stereocenters. The van der Waals surface area contributed by atoms with Crippen LogP contribution in [0, 0.1) is 5.92 Å². The number of benzene rings is 1. The lowest BCUT2D eigenvalue weighted by molar-refractivity contribution is -0.117. The van der Waals surface area contributed by atoms with Gasteiger partial charge in [0.05, 0.1) is 11.3 Å². The minimum Gasteiger partial charge on any atom is -0.478 e. The summed E-state index contributed by atoms with van der Waals surface area (Å²) in [6.45, 7) is 0.871. The number of carbonyl (C=O) groups is 2. The van der Waals surface area contributed by atoms with Crippen LogP contribution >= 0.6 is 11.6 Å². The number of halogens is 1. The Balaban J connectivity index is 2.39. The van der Waals surface area contributed by atoms with Crippen molar-refractivity contribution in [1.29, 1.82) is 0 Å². The van der Waals surface area contributed by atoms with Gasteiger partial charge in [0.15, 0.2) is 0 Å². The van der Waals surface area contributed by atoms with E-state index < -0.39 is 5.97 Å². The second kappa shape index (κ2) is 4.96. The average molecular weight is 269 g/mol. The SMILES string of the molecule is NCC1CC(=O)N(c2ccc(Cl)cc2C(=O)O)C1. The Kier molecular flexibility index (Phi) is 3.54. The van der Waals surface area contributed by atoms with Crippen molar-refractivity contribution in [2.75, 3.05) is 18.0 Å². The molecule has 1 fully saturated rings. The molecule has 0 bridgehead atoms. The molecule has 6 heteroatoms. The summed E-state index contributed by atoms with van der Waals surface area (Å²) in [6.07, 6.45) is 0.359. The summed E-state index contributed by atoms with van der Waals surface area (Å²) >= 11 is 5.77. The predicted octanol–water partition coefficient (Wildman–Crippen LogP) is 1.35. The molecule has 0 aliphatic carbocycles. The van der Waals surface area contributed by atoms with Crippen LogP contribution in [0.25, 0.3) is 0 Å². The van der Waals surface area contributed by atoms with Gasteiger partial charge in [0.1, 0.15) is 0 Å². The van der Waals surface area contributed by atoms with Crippen LogP contribution < -0.4 is 10.6 Å². The van der Waals surface area contributed by atoms with Crippen LogP contribution in [-0.4, -0.2) is 30.1 Å². The highest BCUT2D eigenvalue weighted by Gasteiger charge is 2.31. The predicted molar refractivity (Wildman–Crippen MR) is 67.9 cm³/mol. The van der Waals surface area contributed by atoms with Gasteiger partial charge in [-0.1, -0.05) is 11.6 Å². The highest BCUT2D eigenvalue weighted by atomic mass is 35.5. The van der Waals surface area contributed by atoms with E-state index in [2.05, 4.69) is 0 Å². The zero-order valence-corrected chi connectivity index (χ0v) is 10.4. The normalized spacial score (nSPS) is 19.3. The second-order valence-electron chi connectivity index (χ2n) is 4.28. The molecule has 1 aliphatic rings. The van der Waals surface area contributed by atoms with Crippen molar-refractivity contribution in [2.24, 2.45) is 11.7 Å². The lowest BCUT2D eigenvalue weighted by atomic mass is 10.1. The van der Waals surface area contributed by atoms with Crippen molar-refractivity contribution >= 4 is 29.2 Å². The summed E-state index contributed by atoms with van der Waals surface area (Å²) in [7, 11) is 0. The number of anilines is 1. The van der Waals surface area contributed by atoms with Crippen molar-refractivity contribution in [3.8, 4) is 0 Å². The maximum atomic E-state index is 11.8. The summed E-state index contributed by atoms with van der Waals surface area (Å²) < 4.78 is 0. The lowest BCUT2D eigenvalue weighted by Crippen LogP contribution is -2.27. The number of hydrogen-bond donors (Lipinski definition) is 2. The van der Waals surface area contributed by atoms with Gasteiger partial charge in [0, 0.05) is 18.0 Å². The molecular weight excluding hydrogens is 256 g/mol. The van der Waals surface area contributed by atoms with Gasteiger partial charge in [-0.05, 0) is 30.7 Å². The van der Waals surface area contributed by atoms with Crippen LogP contribution in [0.4, 0.5) is 5.69 Å². The van der Waals surface area contributed by atoms with E-state index in [1.54, 1.807) is 12.1 Å². The third kappa shape index (κ3) is 2.32. The number of hydrogen-bond acceptors (Lipinski definition) is 3. The quantitative estimate of drug-likeness (QED) is 0.867. The first-order valence-corrected chi connectivity index (χ1v) is 5.94. The third-order valence-electron chi connectivity index (χ3n) is 3.02. The fourth-order valence-electron chi connectivity index (χ4n) is 2.09. The van der Waals surface area contributed by atoms with Gasteiger partial charge in [-0.25, -0.2) is 4.79 Å². The molecule has 0 radical (unpaired) electrons. The maximum absolute atomic E-state index is 11.8. The van der Waals surface area contributed by atoms with E-state index in [4.69, 9.17) is 22.4 Å². The summed E-state index contributed by atoms with van der Waals surface area (Å²) in [5, 5.41) is 9.47. The molecular formula is C12H13ClN2O3. The molecule has 5 nitrogen and oxygen atoms in total. The highest BCUT2D eigenvalue weighted by Crippen LogP contribution is 2.29. The van der Waals surface area contributed by atoms with Crippen molar-refractivity contribution < 1.29 is 14.7 Å². The molecule has 2 rings (SSSR count). The van der Waals surface area contributed by atoms with Gasteiger partial charge in [-0.2, -0.15) is 0 Å². The van der Waals surface area contributed by atoms with Crippen molar-refractivity contribution in [2.45, 2.75) is 6.42 Å². The van der Waals surface area contributed by atoms with E-state index in [9.17, 15) is 9.59 Å². The van der Waals surface area contributed by atoms with E-state index in [0.29, 0.717) is 30.2 Å². The number of carboxylic acid groups (broad SMARTS) is 1. The highest BCUT2D eigenvalue weighted by molar-refractivity contribution is 6.31. The van der Waals surface area contributed by atoms with Crippen LogP contribution in [0.5, 0.6) is 0 Å². The summed E-state index contributed by atoms with van der Waals surface area (Å²) in [5.41, 5.74) is 5.96. The largest absolute Gasteiger partial charge is 0.478 e. The van der Waals surface area contributed by atoms with E-state index in [1.807, 2.05) is 0 Å². The van der Waals surface area contributed by atoms with E-state index >= 15 is 0 Å². The van der Waals surface area contributed by atoms with Gasteiger partial charge in [-0.15, -0.1) is 0 Å². The topological polar surface area (TPSA) is 83.6 Å². The van der Waals surface area contributed by atoms with E-state index in [-0.39, 0.29) is 17.4 Å². The molecule has 1 saturated heterocycles. The van der Waals surface area contributed by atoms with Crippen molar-refractivity contribution in [1.82, 2.24) is 0 Å². The van der Waals surface area contributed by atoms with E-state index in [0.717, 1.165) is 0 Å². The summed E-state index contributed by atoms with van der Waals surface area (Å²) in [5.74, 6) is -1.12. The van der Waals surface area contributed by atoms with E-state index in [1.165, 1.54) is 11.0 Å². The first-order chi connectivity index (χ1) is 8.52. The van der Waals surface area contributed by atoms with Crippen LogP contribution in [-0.2, 0) is 4.79 Å². The fourth-order valence-corrected chi connectivity index (χ4v) is 2.26. The minimum absolute atomic E-state index is 0.0357.